The predicted octanol–water partition coefficient (Wildman–Crippen LogP) is 3.59. The molecule has 0 saturated heterocycles. The Hall–Kier alpha value is -1.22. The number of hydrogen-bond acceptors (Lipinski definition) is 2. The minimum Gasteiger partial charge on any atom is -0.481 e. The minimum atomic E-state index is -0.738. The largest absolute Gasteiger partial charge is 0.481 e. The second-order valence-corrected chi connectivity index (χ2v) is 6.25. The number of aliphatic carboxylic acids is 1. The topological polar surface area (TPSA) is 40.5 Å². The Labute approximate surface area is 119 Å². The van der Waals surface area contributed by atoms with E-state index in [-0.39, 0.29) is 6.04 Å². The van der Waals surface area contributed by atoms with Gasteiger partial charge >= 0.3 is 5.97 Å². The molecule has 0 bridgehead atoms. The number of halogens is 1. The molecule has 19 heavy (non-hydrogen) atoms. The summed E-state index contributed by atoms with van der Waals surface area (Å²) in [5.74, 6) is -0.738. The van der Waals surface area contributed by atoms with Crippen LogP contribution in [-0.2, 0) is 11.2 Å². The molecule has 2 rings (SSSR count). The van der Waals surface area contributed by atoms with E-state index < -0.39 is 11.4 Å². The van der Waals surface area contributed by atoms with Crippen LogP contribution in [0.4, 0.5) is 5.69 Å². The van der Waals surface area contributed by atoms with Gasteiger partial charge in [-0.3, -0.25) is 4.79 Å². The second-order valence-electron chi connectivity index (χ2n) is 5.81. The van der Waals surface area contributed by atoms with Crippen molar-refractivity contribution in [2.24, 2.45) is 5.41 Å². The highest BCUT2D eigenvalue weighted by Gasteiger charge is 2.36. The molecule has 0 aliphatic carbocycles. The molecule has 1 aromatic carbocycles. The Balaban J connectivity index is 2.24. The third kappa shape index (κ3) is 2.71. The van der Waals surface area contributed by atoms with Crippen LogP contribution in [0.2, 0.25) is 5.02 Å². The van der Waals surface area contributed by atoms with Gasteiger partial charge in [-0.2, -0.15) is 0 Å². The molecule has 1 aliphatic rings. The zero-order valence-corrected chi connectivity index (χ0v) is 12.4. The number of hydrogen-bond donors (Lipinski definition) is 1. The van der Waals surface area contributed by atoms with E-state index in [0.29, 0.717) is 6.42 Å². The summed E-state index contributed by atoms with van der Waals surface area (Å²) in [6.07, 6.45) is 1.52. The fraction of sp³-hybridized carbons (Fsp3) is 0.533. The number of benzene rings is 1. The van der Waals surface area contributed by atoms with Crippen LogP contribution in [0, 0.1) is 5.41 Å². The zero-order valence-electron chi connectivity index (χ0n) is 11.6. The molecule has 4 heteroatoms. The van der Waals surface area contributed by atoms with Gasteiger partial charge in [0.2, 0.25) is 0 Å². The summed E-state index contributed by atoms with van der Waals surface area (Å²) in [4.78, 5) is 13.6. The highest BCUT2D eigenvalue weighted by atomic mass is 35.5. The first-order chi connectivity index (χ1) is 8.85. The molecule has 1 N–H and O–H groups in total. The SMILES string of the molecule is CCN1c2ccc(Cl)cc2CC1CC(C)(C)C(=O)O. The number of anilines is 1. The number of fused-ring (bicyclic) bond motifs is 1. The van der Waals surface area contributed by atoms with Crippen LogP contribution in [0.25, 0.3) is 0 Å². The average Bonchev–Trinajstić information content (AvgIpc) is 2.64. The number of likely N-dealkylation sites (N-methyl/N-ethyl adjacent to an activating group) is 1. The normalized spacial score (nSPS) is 18.5. The number of carbonyl (C=O) groups is 1. The summed E-state index contributed by atoms with van der Waals surface area (Å²) in [7, 11) is 0. The molecule has 1 aromatic rings. The van der Waals surface area contributed by atoms with Crippen molar-refractivity contribution >= 4 is 23.3 Å². The van der Waals surface area contributed by atoms with E-state index in [9.17, 15) is 9.90 Å². The van der Waals surface area contributed by atoms with Crippen molar-refractivity contribution in [3.05, 3.63) is 28.8 Å². The van der Waals surface area contributed by atoms with E-state index in [2.05, 4.69) is 11.8 Å². The summed E-state index contributed by atoms with van der Waals surface area (Å²) in [5.41, 5.74) is 1.71. The van der Waals surface area contributed by atoms with E-state index in [1.54, 1.807) is 13.8 Å². The number of nitrogens with zero attached hydrogens (tertiary/aromatic N) is 1. The van der Waals surface area contributed by atoms with Gasteiger partial charge in [-0.25, -0.2) is 0 Å². The van der Waals surface area contributed by atoms with Gasteiger partial charge in [-0.15, -0.1) is 0 Å². The van der Waals surface area contributed by atoms with Crippen LogP contribution in [0.3, 0.4) is 0 Å². The summed E-state index contributed by atoms with van der Waals surface area (Å²) < 4.78 is 0. The van der Waals surface area contributed by atoms with Crippen LogP contribution in [-0.4, -0.2) is 23.7 Å². The number of rotatable bonds is 4. The Kier molecular flexibility index (Phi) is 3.77. The van der Waals surface area contributed by atoms with Crippen LogP contribution < -0.4 is 4.90 Å². The van der Waals surface area contributed by atoms with Gasteiger partial charge in [0.1, 0.15) is 0 Å². The maximum Gasteiger partial charge on any atom is 0.309 e. The molecule has 104 valence electrons. The number of carboxylic acids is 1. The highest BCUT2D eigenvalue weighted by Crippen LogP contribution is 2.38. The van der Waals surface area contributed by atoms with Crippen LogP contribution in [0.1, 0.15) is 32.8 Å². The lowest BCUT2D eigenvalue weighted by molar-refractivity contribution is -0.147. The van der Waals surface area contributed by atoms with Gasteiger partial charge < -0.3 is 10.0 Å². The Morgan fingerprint density at radius 2 is 2.21 bits per heavy atom. The zero-order chi connectivity index (χ0) is 14.2. The highest BCUT2D eigenvalue weighted by molar-refractivity contribution is 6.30. The van der Waals surface area contributed by atoms with E-state index >= 15 is 0 Å². The summed E-state index contributed by atoms with van der Waals surface area (Å²) in [5, 5.41) is 10.0. The molecule has 1 unspecified atom stereocenters. The van der Waals surface area contributed by atoms with E-state index in [1.165, 1.54) is 11.3 Å². The molecule has 1 aliphatic heterocycles. The van der Waals surface area contributed by atoms with Gasteiger partial charge in [0.15, 0.2) is 0 Å². The summed E-state index contributed by atoms with van der Waals surface area (Å²) in [6, 6.07) is 6.17. The predicted molar refractivity (Wildman–Crippen MR) is 78.0 cm³/mol. The summed E-state index contributed by atoms with van der Waals surface area (Å²) >= 11 is 6.03. The molecule has 0 spiro atoms. The van der Waals surface area contributed by atoms with Gasteiger partial charge in [0, 0.05) is 23.3 Å². The summed E-state index contributed by atoms with van der Waals surface area (Å²) in [6.45, 7) is 6.57. The fourth-order valence-corrected chi connectivity index (χ4v) is 3.04. The van der Waals surface area contributed by atoms with Crippen molar-refractivity contribution in [1.82, 2.24) is 0 Å². The Morgan fingerprint density at radius 3 is 2.79 bits per heavy atom. The molecular formula is C15H20ClNO2. The third-order valence-corrected chi connectivity index (χ3v) is 4.15. The van der Waals surface area contributed by atoms with Gasteiger partial charge in [-0.05, 0) is 57.4 Å². The molecule has 0 saturated carbocycles. The molecule has 0 amide bonds. The average molecular weight is 282 g/mol. The molecule has 1 atom stereocenters. The van der Waals surface area contributed by atoms with Crippen molar-refractivity contribution in [3.63, 3.8) is 0 Å². The van der Waals surface area contributed by atoms with Gasteiger partial charge in [0.05, 0.1) is 5.41 Å². The smallest absolute Gasteiger partial charge is 0.309 e. The third-order valence-electron chi connectivity index (χ3n) is 3.91. The first-order valence-corrected chi connectivity index (χ1v) is 7.01. The van der Waals surface area contributed by atoms with Crippen molar-refractivity contribution in [3.8, 4) is 0 Å². The van der Waals surface area contributed by atoms with E-state index in [4.69, 9.17) is 11.6 Å². The lowest BCUT2D eigenvalue weighted by atomic mass is 9.84. The first kappa shape index (κ1) is 14.2. The molecule has 0 aromatic heterocycles. The molecule has 3 nitrogen and oxygen atoms in total. The Morgan fingerprint density at radius 1 is 1.53 bits per heavy atom. The molecular weight excluding hydrogens is 262 g/mol. The quantitative estimate of drug-likeness (QED) is 0.917. The van der Waals surface area contributed by atoms with Crippen LogP contribution in [0.5, 0.6) is 0 Å². The lowest BCUT2D eigenvalue weighted by Gasteiger charge is -2.31. The Bertz CT molecular complexity index is 499. The molecule has 0 fully saturated rings. The maximum atomic E-state index is 11.3. The van der Waals surface area contributed by atoms with Gasteiger partial charge in [0.25, 0.3) is 0 Å². The maximum absolute atomic E-state index is 11.3. The van der Waals surface area contributed by atoms with E-state index in [1.807, 2.05) is 18.2 Å². The van der Waals surface area contributed by atoms with Crippen LogP contribution >= 0.6 is 11.6 Å². The minimum absolute atomic E-state index is 0.240. The lowest BCUT2D eigenvalue weighted by Crippen LogP contribution is -2.38. The molecule has 0 radical (unpaired) electrons. The van der Waals surface area contributed by atoms with E-state index in [0.717, 1.165) is 18.0 Å². The second kappa shape index (κ2) is 5.04. The standard InChI is InChI=1S/C15H20ClNO2/c1-4-17-12(9-15(2,3)14(18)19)8-10-7-11(16)5-6-13(10)17/h5-7,12H,4,8-9H2,1-3H3,(H,18,19). The van der Waals surface area contributed by atoms with Crippen molar-refractivity contribution in [1.29, 1.82) is 0 Å². The van der Waals surface area contributed by atoms with Crippen molar-refractivity contribution < 1.29 is 9.90 Å². The van der Waals surface area contributed by atoms with Crippen LogP contribution in [0.15, 0.2) is 18.2 Å². The van der Waals surface area contributed by atoms with Gasteiger partial charge in [-0.1, -0.05) is 11.6 Å². The van der Waals surface area contributed by atoms with Crippen molar-refractivity contribution in [2.45, 2.75) is 39.7 Å². The monoisotopic (exact) mass is 281 g/mol. The first-order valence-electron chi connectivity index (χ1n) is 6.63. The number of carboxylic acid groups (broad SMARTS) is 1. The van der Waals surface area contributed by atoms with Crippen molar-refractivity contribution in [2.75, 3.05) is 11.4 Å². The fourth-order valence-electron chi connectivity index (χ4n) is 2.85. The molecule has 1 heterocycles.